The Morgan fingerprint density at radius 1 is 1.17 bits per heavy atom. The number of halogens is 3. The first-order valence-corrected chi connectivity index (χ1v) is 6.46. The van der Waals surface area contributed by atoms with Crippen LogP contribution >= 0.6 is 0 Å². The summed E-state index contributed by atoms with van der Waals surface area (Å²) in [5.41, 5.74) is 4.61. The zero-order chi connectivity index (χ0) is 16.8. The molecule has 0 amide bonds. The predicted octanol–water partition coefficient (Wildman–Crippen LogP) is 2.54. The van der Waals surface area contributed by atoms with E-state index in [-0.39, 0.29) is 34.7 Å². The van der Waals surface area contributed by atoms with E-state index in [2.05, 4.69) is 20.1 Å². The zero-order valence-electron chi connectivity index (χ0n) is 12.1. The summed E-state index contributed by atoms with van der Waals surface area (Å²) in [4.78, 5) is 11.7. The quantitative estimate of drug-likeness (QED) is 0.778. The highest BCUT2D eigenvalue weighted by molar-refractivity contribution is 5.75. The second-order valence-corrected chi connectivity index (χ2v) is 4.71. The van der Waals surface area contributed by atoms with Gasteiger partial charge in [-0.3, -0.25) is 0 Å². The molecule has 3 rings (SSSR count). The minimum Gasteiger partial charge on any atom is -0.441 e. The van der Waals surface area contributed by atoms with E-state index in [0.717, 1.165) is 4.68 Å². The molecule has 3 aromatic heterocycles. The normalized spacial score (nSPS) is 11.9. The first-order chi connectivity index (χ1) is 10.8. The number of oxazole rings is 1. The largest absolute Gasteiger partial charge is 0.441 e. The maximum Gasteiger partial charge on any atom is 0.436 e. The number of aromatic nitrogens is 5. The molecule has 3 heterocycles. The predicted molar refractivity (Wildman–Crippen MR) is 73.5 cm³/mol. The van der Waals surface area contributed by atoms with E-state index in [9.17, 15) is 13.2 Å². The van der Waals surface area contributed by atoms with Crippen LogP contribution in [0.2, 0.25) is 0 Å². The number of nitrogens with two attached hydrogens (primary N) is 1. The molecule has 7 nitrogen and oxygen atoms in total. The van der Waals surface area contributed by atoms with Crippen molar-refractivity contribution in [3.05, 3.63) is 35.7 Å². The summed E-state index contributed by atoms with van der Waals surface area (Å²) in [6.45, 7) is 3.06. The molecular formula is C13H11F3N6O. The number of nitrogen functional groups attached to an aromatic ring is 1. The van der Waals surface area contributed by atoms with Gasteiger partial charge >= 0.3 is 6.18 Å². The van der Waals surface area contributed by atoms with Crippen LogP contribution in [0.15, 0.2) is 22.9 Å². The zero-order valence-corrected chi connectivity index (χ0v) is 12.1. The summed E-state index contributed by atoms with van der Waals surface area (Å²) >= 11 is 0. The van der Waals surface area contributed by atoms with Crippen molar-refractivity contribution >= 4 is 5.82 Å². The summed E-state index contributed by atoms with van der Waals surface area (Å²) in [7, 11) is 0. The van der Waals surface area contributed by atoms with E-state index in [0.29, 0.717) is 0 Å². The molecule has 0 aromatic carbocycles. The Morgan fingerprint density at radius 3 is 2.35 bits per heavy atom. The average molecular weight is 324 g/mol. The molecule has 0 radical (unpaired) electrons. The van der Waals surface area contributed by atoms with Crippen molar-refractivity contribution in [2.75, 3.05) is 5.73 Å². The van der Waals surface area contributed by atoms with Gasteiger partial charge in [0, 0.05) is 19.3 Å². The van der Waals surface area contributed by atoms with E-state index in [1.807, 2.05) is 0 Å². The lowest BCUT2D eigenvalue weighted by molar-refractivity contribution is -0.140. The second kappa shape index (κ2) is 5.07. The molecule has 0 unspecified atom stereocenters. The highest BCUT2D eigenvalue weighted by Crippen LogP contribution is 2.41. The Morgan fingerprint density at radius 2 is 1.83 bits per heavy atom. The molecule has 23 heavy (non-hydrogen) atoms. The highest BCUT2D eigenvalue weighted by Gasteiger charge is 2.41. The summed E-state index contributed by atoms with van der Waals surface area (Å²) in [5, 5.41) is 3.53. The molecule has 0 aliphatic carbocycles. The maximum atomic E-state index is 13.3. The molecule has 0 fully saturated rings. The van der Waals surface area contributed by atoms with E-state index >= 15 is 0 Å². The number of anilines is 1. The molecule has 0 spiro atoms. The second-order valence-electron chi connectivity index (χ2n) is 4.71. The molecule has 0 atom stereocenters. The van der Waals surface area contributed by atoms with Gasteiger partial charge < -0.3 is 10.2 Å². The first kappa shape index (κ1) is 15.0. The Labute approximate surface area is 128 Å². The fourth-order valence-electron chi connectivity index (χ4n) is 2.17. The number of hydrogen-bond donors (Lipinski definition) is 1. The standard InChI is InChI=1S/C13H11F3N6O/c1-6-9(23-7(2)20-6)8-10(13(14,15)16)21-22(11(8)17)12-18-4-3-5-19-12/h3-5H,17H2,1-2H3. The first-order valence-electron chi connectivity index (χ1n) is 6.46. The van der Waals surface area contributed by atoms with Gasteiger partial charge in [0.15, 0.2) is 17.3 Å². The average Bonchev–Trinajstić information content (AvgIpc) is 2.99. The molecular weight excluding hydrogens is 313 g/mol. The molecule has 0 aliphatic rings. The lowest BCUT2D eigenvalue weighted by Gasteiger charge is -2.04. The molecule has 10 heteroatoms. The van der Waals surface area contributed by atoms with Crippen molar-refractivity contribution in [2.45, 2.75) is 20.0 Å². The monoisotopic (exact) mass is 324 g/mol. The van der Waals surface area contributed by atoms with Crippen LogP contribution < -0.4 is 5.73 Å². The van der Waals surface area contributed by atoms with Gasteiger partial charge in [-0.05, 0) is 13.0 Å². The fraction of sp³-hybridized carbons (Fsp3) is 0.231. The lowest BCUT2D eigenvalue weighted by atomic mass is 10.1. The number of alkyl halides is 3. The highest BCUT2D eigenvalue weighted by atomic mass is 19.4. The van der Waals surface area contributed by atoms with Crippen LogP contribution in [0.4, 0.5) is 19.0 Å². The SMILES string of the molecule is Cc1nc(C)c(-c2c(C(F)(F)F)nn(-c3ncccn3)c2N)o1. The molecule has 3 aromatic rings. The third kappa shape index (κ3) is 2.51. The summed E-state index contributed by atoms with van der Waals surface area (Å²) in [5.74, 6) is -0.193. The summed E-state index contributed by atoms with van der Waals surface area (Å²) in [6, 6.07) is 1.53. The third-order valence-corrected chi connectivity index (χ3v) is 3.06. The van der Waals surface area contributed by atoms with Crippen molar-refractivity contribution in [1.29, 1.82) is 0 Å². The van der Waals surface area contributed by atoms with Crippen molar-refractivity contribution in [3.8, 4) is 17.3 Å². The van der Waals surface area contributed by atoms with E-state index in [1.54, 1.807) is 0 Å². The van der Waals surface area contributed by atoms with Gasteiger partial charge in [0.1, 0.15) is 5.82 Å². The van der Waals surface area contributed by atoms with Crippen LogP contribution in [-0.4, -0.2) is 24.7 Å². The lowest BCUT2D eigenvalue weighted by Crippen LogP contribution is -2.09. The van der Waals surface area contributed by atoms with E-state index < -0.39 is 11.9 Å². The Hall–Kier alpha value is -2.91. The van der Waals surface area contributed by atoms with Crippen molar-refractivity contribution in [3.63, 3.8) is 0 Å². The third-order valence-electron chi connectivity index (χ3n) is 3.06. The Kier molecular flexibility index (Phi) is 3.31. The number of rotatable bonds is 2. The van der Waals surface area contributed by atoms with Crippen LogP contribution in [0.3, 0.4) is 0 Å². The van der Waals surface area contributed by atoms with E-state index in [1.165, 1.54) is 32.3 Å². The minimum atomic E-state index is -4.73. The van der Waals surface area contributed by atoms with Gasteiger partial charge in [0.2, 0.25) is 0 Å². The van der Waals surface area contributed by atoms with Gasteiger partial charge in [0.05, 0.1) is 11.3 Å². The van der Waals surface area contributed by atoms with Crippen LogP contribution in [0.5, 0.6) is 0 Å². The molecule has 120 valence electrons. The summed E-state index contributed by atoms with van der Waals surface area (Å²) < 4.78 is 46.2. The molecule has 0 bridgehead atoms. The van der Waals surface area contributed by atoms with Crippen LogP contribution in [0.1, 0.15) is 17.3 Å². The van der Waals surface area contributed by atoms with Crippen molar-refractivity contribution in [1.82, 2.24) is 24.7 Å². The fourth-order valence-corrected chi connectivity index (χ4v) is 2.17. The topological polar surface area (TPSA) is 95.7 Å². The van der Waals surface area contributed by atoms with Crippen molar-refractivity contribution in [2.24, 2.45) is 0 Å². The molecule has 0 saturated heterocycles. The Bertz CT molecular complexity index is 853. The van der Waals surface area contributed by atoms with Crippen LogP contribution in [0.25, 0.3) is 17.3 Å². The molecule has 0 aliphatic heterocycles. The Balaban J connectivity index is 2.30. The molecule has 2 N–H and O–H groups in total. The van der Waals surface area contributed by atoms with Crippen molar-refractivity contribution < 1.29 is 17.6 Å². The maximum absolute atomic E-state index is 13.3. The smallest absolute Gasteiger partial charge is 0.436 e. The number of nitrogens with zero attached hydrogens (tertiary/aromatic N) is 5. The van der Waals surface area contributed by atoms with Gasteiger partial charge in [-0.1, -0.05) is 0 Å². The summed E-state index contributed by atoms with van der Waals surface area (Å²) in [6.07, 6.45) is -1.98. The van der Waals surface area contributed by atoms with Gasteiger partial charge in [-0.25, -0.2) is 15.0 Å². The van der Waals surface area contributed by atoms with E-state index in [4.69, 9.17) is 10.2 Å². The number of aryl methyl sites for hydroxylation is 2. The van der Waals surface area contributed by atoms with Gasteiger partial charge in [0.25, 0.3) is 5.95 Å². The number of hydrogen-bond acceptors (Lipinski definition) is 6. The van der Waals surface area contributed by atoms with Crippen LogP contribution in [-0.2, 0) is 6.18 Å². The van der Waals surface area contributed by atoms with Gasteiger partial charge in [-0.15, -0.1) is 0 Å². The van der Waals surface area contributed by atoms with Crippen LogP contribution in [0, 0.1) is 13.8 Å². The molecule has 0 saturated carbocycles. The van der Waals surface area contributed by atoms with Gasteiger partial charge in [-0.2, -0.15) is 23.0 Å². The minimum absolute atomic E-state index is 0.0735.